The van der Waals surface area contributed by atoms with Gasteiger partial charge in [-0.3, -0.25) is 0 Å². The van der Waals surface area contributed by atoms with E-state index in [2.05, 4.69) is 86.2 Å². The molecule has 0 radical (unpaired) electrons. The molecule has 1 saturated heterocycles. The average Bonchev–Trinajstić information content (AvgIpc) is 3.33. The lowest BCUT2D eigenvalue weighted by molar-refractivity contribution is 0.608. The molecule has 2 heterocycles. The number of allylic oxidation sites excluding steroid dienone is 2. The predicted octanol–water partition coefficient (Wildman–Crippen LogP) is 6.55. The summed E-state index contributed by atoms with van der Waals surface area (Å²) >= 11 is 0. The Morgan fingerprint density at radius 1 is 1.29 bits per heavy atom. The van der Waals surface area contributed by atoms with Crippen LogP contribution in [0.2, 0.25) is 0 Å². The fourth-order valence-corrected chi connectivity index (χ4v) is 4.14. The summed E-state index contributed by atoms with van der Waals surface area (Å²) in [6.45, 7) is 16.1. The molecule has 1 aliphatic heterocycles. The van der Waals surface area contributed by atoms with Crippen molar-refractivity contribution in [1.29, 1.82) is 0 Å². The third-order valence-electron chi connectivity index (χ3n) is 5.29. The van der Waals surface area contributed by atoms with E-state index in [0.717, 1.165) is 13.0 Å². The molecule has 0 amide bonds. The molecule has 3 rings (SSSR count). The minimum Gasteiger partial charge on any atom is -0.358 e. The second-order valence-corrected chi connectivity index (χ2v) is 7.57. The van der Waals surface area contributed by atoms with E-state index in [4.69, 9.17) is 0 Å². The molecule has 2 aromatic rings. The zero-order chi connectivity index (χ0) is 20.7. The number of nitrogens with one attached hydrogen (secondary N) is 2. The number of fused-ring (bicyclic) bond motifs is 1. The smallest absolute Gasteiger partial charge is 0.0485 e. The van der Waals surface area contributed by atoms with Gasteiger partial charge >= 0.3 is 0 Å². The highest BCUT2D eigenvalue weighted by atomic mass is 15.0. The molecule has 1 unspecified atom stereocenters. The number of benzene rings is 1. The van der Waals surface area contributed by atoms with Gasteiger partial charge in [0.25, 0.3) is 0 Å². The molecular weight excluding hydrogens is 342 g/mol. The molecule has 1 atom stereocenters. The van der Waals surface area contributed by atoms with Gasteiger partial charge in [-0.25, -0.2) is 0 Å². The molecule has 1 aromatic heterocycles. The van der Waals surface area contributed by atoms with E-state index >= 15 is 0 Å². The molecule has 0 spiro atoms. The maximum atomic E-state index is 3.72. The minimum atomic E-state index is 0.456. The fourth-order valence-electron chi connectivity index (χ4n) is 4.14. The SMILES string of the molecule is C/C=C(\N/C(=C/CC)C1CCCN1)c1ccc2c(c1)cc(C)n2C(C)C.CC. The molecule has 0 aliphatic carbocycles. The molecule has 2 N–H and O–H groups in total. The molecular formula is C25H39N3. The van der Waals surface area contributed by atoms with Crippen molar-refractivity contribution in [3.8, 4) is 0 Å². The molecule has 1 aliphatic rings. The highest BCUT2D eigenvalue weighted by molar-refractivity contribution is 5.85. The van der Waals surface area contributed by atoms with E-state index in [1.165, 1.54) is 46.4 Å². The Kier molecular flexibility index (Phi) is 8.37. The topological polar surface area (TPSA) is 29.0 Å². The van der Waals surface area contributed by atoms with Crippen molar-refractivity contribution >= 4 is 16.6 Å². The van der Waals surface area contributed by atoms with Crippen LogP contribution in [0.3, 0.4) is 0 Å². The number of aryl methyl sites for hydroxylation is 1. The second kappa shape index (κ2) is 10.5. The quantitative estimate of drug-likeness (QED) is 0.594. The predicted molar refractivity (Wildman–Crippen MR) is 125 cm³/mol. The van der Waals surface area contributed by atoms with Crippen molar-refractivity contribution in [2.75, 3.05) is 6.54 Å². The number of rotatable bonds is 6. The van der Waals surface area contributed by atoms with Crippen LogP contribution in [-0.2, 0) is 0 Å². The normalized spacial score (nSPS) is 17.8. The van der Waals surface area contributed by atoms with Crippen molar-refractivity contribution in [2.45, 2.75) is 79.8 Å². The van der Waals surface area contributed by atoms with Crippen molar-refractivity contribution in [2.24, 2.45) is 0 Å². The van der Waals surface area contributed by atoms with Gasteiger partial charge in [-0.15, -0.1) is 0 Å². The van der Waals surface area contributed by atoms with Crippen LogP contribution >= 0.6 is 0 Å². The summed E-state index contributed by atoms with van der Waals surface area (Å²) in [5, 5.41) is 8.65. The fraction of sp³-hybridized carbons (Fsp3) is 0.520. The Hall–Kier alpha value is -2.00. The van der Waals surface area contributed by atoms with Crippen molar-refractivity contribution < 1.29 is 0 Å². The summed E-state index contributed by atoms with van der Waals surface area (Å²) < 4.78 is 2.41. The summed E-state index contributed by atoms with van der Waals surface area (Å²) in [5.74, 6) is 0. The molecule has 3 heteroatoms. The first-order valence-corrected chi connectivity index (χ1v) is 11.0. The Labute approximate surface area is 171 Å². The summed E-state index contributed by atoms with van der Waals surface area (Å²) in [5.41, 5.74) is 6.40. The van der Waals surface area contributed by atoms with Gasteiger partial charge in [0, 0.05) is 40.1 Å². The van der Waals surface area contributed by atoms with E-state index < -0.39 is 0 Å². The Morgan fingerprint density at radius 2 is 2.04 bits per heavy atom. The summed E-state index contributed by atoms with van der Waals surface area (Å²) in [7, 11) is 0. The van der Waals surface area contributed by atoms with Crippen LogP contribution in [0.1, 0.15) is 78.1 Å². The first kappa shape index (κ1) is 22.3. The highest BCUT2D eigenvalue weighted by Gasteiger charge is 2.19. The first-order valence-electron chi connectivity index (χ1n) is 11.0. The van der Waals surface area contributed by atoms with Gasteiger partial charge in [0.1, 0.15) is 0 Å². The van der Waals surface area contributed by atoms with Crippen LogP contribution < -0.4 is 10.6 Å². The van der Waals surface area contributed by atoms with E-state index in [9.17, 15) is 0 Å². The van der Waals surface area contributed by atoms with E-state index in [0.29, 0.717) is 12.1 Å². The second-order valence-electron chi connectivity index (χ2n) is 7.57. The third kappa shape index (κ3) is 4.88. The van der Waals surface area contributed by atoms with E-state index in [-0.39, 0.29) is 0 Å². The molecule has 1 aromatic carbocycles. The molecule has 1 fully saturated rings. The van der Waals surface area contributed by atoms with Gasteiger partial charge in [-0.1, -0.05) is 39.0 Å². The lowest BCUT2D eigenvalue weighted by atomic mass is 10.1. The summed E-state index contributed by atoms with van der Waals surface area (Å²) in [6.07, 6.45) is 8.03. The van der Waals surface area contributed by atoms with E-state index in [1.54, 1.807) is 0 Å². The van der Waals surface area contributed by atoms with Crippen LogP contribution in [0.25, 0.3) is 16.6 Å². The number of hydrogen-bond donors (Lipinski definition) is 2. The molecule has 3 nitrogen and oxygen atoms in total. The van der Waals surface area contributed by atoms with E-state index in [1.807, 2.05) is 13.8 Å². The Bertz CT molecular complexity index is 818. The average molecular weight is 382 g/mol. The highest BCUT2D eigenvalue weighted by Crippen LogP contribution is 2.27. The van der Waals surface area contributed by atoms with Crippen molar-refractivity contribution in [3.05, 3.63) is 53.4 Å². The molecule has 0 saturated carbocycles. The molecule has 154 valence electrons. The van der Waals surface area contributed by atoms with Gasteiger partial charge in [-0.2, -0.15) is 0 Å². The summed E-state index contributed by atoms with van der Waals surface area (Å²) in [4.78, 5) is 0. The van der Waals surface area contributed by atoms with Gasteiger partial charge in [0.2, 0.25) is 0 Å². The molecule has 28 heavy (non-hydrogen) atoms. The largest absolute Gasteiger partial charge is 0.358 e. The van der Waals surface area contributed by atoms with Gasteiger partial charge in [0.05, 0.1) is 0 Å². The molecule has 0 bridgehead atoms. The maximum absolute atomic E-state index is 3.72. The zero-order valence-corrected chi connectivity index (χ0v) is 18.9. The lowest BCUT2D eigenvalue weighted by Gasteiger charge is -2.20. The monoisotopic (exact) mass is 381 g/mol. The standard InChI is InChI=1S/C23H33N3.C2H6/c1-6-9-22(21-10-8-13-24-21)25-20(7-2)18-11-12-23-19(15-18)14-17(5)26(23)16(3)4;1-2/h7,9,11-12,14-16,21,24-25H,6,8,10,13H2,1-5H3;1-2H3/b20-7-,22-9+;. The Morgan fingerprint density at radius 3 is 2.61 bits per heavy atom. The van der Waals surface area contributed by atoms with Crippen molar-refractivity contribution in [3.63, 3.8) is 0 Å². The zero-order valence-electron chi connectivity index (χ0n) is 18.9. The van der Waals surface area contributed by atoms with Crippen LogP contribution in [0, 0.1) is 6.92 Å². The number of aromatic nitrogens is 1. The number of nitrogens with zero attached hydrogens (tertiary/aromatic N) is 1. The lowest BCUT2D eigenvalue weighted by Crippen LogP contribution is -2.31. The van der Waals surface area contributed by atoms with Crippen LogP contribution in [0.5, 0.6) is 0 Å². The minimum absolute atomic E-state index is 0.456. The Balaban J connectivity index is 0.00000136. The van der Waals surface area contributed by atoms with Gasteiger partial charge < -0.3 is 15.2 Å². The first-order chi connectivity index (χ1) is 13.5. The van der Waals surface area contributed by atoms with Crippen molar-refractivity contribution in [1.82, 2.24) is 15.2 Å². The van der Waals surface area contributed by atoms with Gasteiger partial charge in [-0.05, 0) is 77.3 Å². The third-order valence-corrected chi connectivity index (χ3v) is 5.29. The van der Waals surface area contributed by atoms with Crippen LogP contribution in [0.4, 0.5) is 0 Å². The summed E-state index contributed by atoms with van der Waals surface area (Å²) in [6, 6.07) is 10.1. The van der Waals surface area contributed by atoms with Crippen LogP contribution in [-0.4, -0.2) is 17.2 Å². The number of hydrogen-bond acceptors (Lipinski definition) is 2. The van der Waals surface area contributed by atoms with Crippen LogP contribution in [0.15, 0.2) is 42.1 Å². The van der Waals surface area contributed by atoms with Gasteiger partial charge in [0.15, 0.2) is 0 Å². The maximum Gasteiger partial charge on any atom is 0.0485 e.